The molecule has 0 radical (unpaired) electrons. The Morgan fingerprint density at radius 3 is 2.14 bits per heavy atom. The highest BCUT2D eigenvalue weighted by molar-refractivity contribution is 14.0. The Bertz CT molecular complexity index is 622. The molecule has 0 atom stereocenters. The maximum absolute atomic E-state index is 5.53. The average Bonchev–Trinajstić information content (AvgIpc) is 2.71. The normalized spacial score (nSPS) is 15.6. The maximum atomic E-state index is 5.53. The van der Waals surface area contributed by atoms with Crippen LogP contribution < -0.4 is 24.8 Å². The maximum Gasteiger partial charge on any atom is 0.191 e. The van der Waals surface area contributed by atoms with Gasteiger partial charge in [-0.25, -0.2) is 4.99 Å². The molecule has 0 aliphatic carbocycles. The molecule has 0 amide bonds. The number of aliphatic imine (C=N–C) groups is 1. The highest BCUT2D eigenvalue weighted by Crippen LogP contribution is 2.34. The summed E-state index contributed by atoms with van der Waals surface area (Å²) in [6.45, 7) is 10.1. The molecule has 2 N–H and O–H groups in total. The molecule has 1 heterocycles. The predicted molar refractivity (Wildman–Crippen MR) is 129 cm³/mol. The number of nitrogens with one attached hydrogen (secondary N) is 2. The third-order valence-electron chi connectivity index (χ3n) is 5.16. The van der Waals surface area contributed by atoms with Crippen LogP contribution in [0.3, 0.4) is 0 Å². The minimum Gasteiger partial charge on any atom is -0.496 e. The van der Waals surface area contributed by atoms with Crippen LogP contribution in [0.5, 0.6) is 17.2 Å². The van der Waals surface area contributed by atoms with E-state index in [4.69, 9.17) is 19.2 Å². The highest BCUT2D eigenvalue weighted by atomic mass is 127. The Labute approximate surface area is 192 Å². The summed E-state index contributed by atoms with van der Waals surface area (Å²) in [5.41, 5.74) is 0.901. The molecule has 1 saturated heterocycles. The number of halogens is 1. The van der Waals surface area contributed by atoms with Gasteiger partial charge in [0, 0.05) is 43.9 Å². The summed E-state index contributed by atoms with van der Waals surface area (Å²) in [6, 6.07) is 4.76. The van der Waals surface area contributed by atoms with Crippen LogP contribution in [-0.2, 0) is 6.54 Å². The van der Waals surface area contributed by atoms with Crippen molar-refractivity contribution >= 4 is 29.9 Å². The van der Waals surface area contributed by atoms with Gasteiger partial charge in [0.1, 0.15) is 17.2 Å². The molecule has 29 heavy (non-hydrogen) atoms. The van der Waals surface area contributed by atoms with E-state index in [1.807, 2.05) is 12.1 Å². The summed E-state index contributed by atoms with van der Waals surface area (Å²) in [5.74, 6) is 2.94. The molecule has 1 aromatic carbocycles. The van der Waals surface area contributed by atoms with Gasteiger partial charge in [0.2, 0.25) is 0 Å². The van der Waals surface area contributed by atoms with Crippen molar-refractivity contribution in [2.24, 2.45) is 4.99 Å². The van der Waals surface area contributed by atoms with Gasteiger partial charge in [-0.15, -0.1) is 24.0 Å². The molecule has 166 valence electrons. The van der Waals surface area contributed by atoms with Crippen molar-refractivity contribution in [3.63, 3.8) is 0 Å². The first-order valence-electron chi connectivity index (χ1n) is 10.1. The molecule has 7 nitrogen and oxygen atoms in total. The molecule has 8 heteroatoms. The van der Waals surface area contributed by atoms with Crippen LogP contribution in [0.4, 0.5) is 0 Å². The summed E-state index contributed by atoms with van der Waals surface area (Å²) in [7, 11) is 4.92. The number of nitrogens with zero attached hydrogens (tertiary/aromatic N) is 2. The fraction of sp³-hybridized carbons (Fsp3) is 0.667. The lowest BCUT2D eigenvalue weighted by atomic mass is 10.0. The Kier molecular flexibility index (Phi) is 11.5. The average molecular weight is 520 g/mol. The molecule has 0 unspecified atom stereocenters. The van der Waals surface area contributed by atoms with Crippen molar-refractivity contribution < 1.29 is 14.2 Å². The topological polar surface area (TPSA) is 67.4 Å². The smallest absolute Gasteiger partial charge is 0.191 e. The molecule has 2 rings (SSSR count). The second-order valence-corrected chi connectivity index (χ2v) is 7.25. The van der Waals surface area contributed by atoms with E-state index in [1.54, 1.807) is 21.3 Å². The second-order valence-electron chi connectivity index (χ2n) is 7.25. The number of piperidine rings is 1. The molecule has 1 aliphatic rings. The molecule has 1 aliphatic heterocycles. The van der Waals surface area contributed by atoms with Gasteiger partial charge in [-0.05, 0) is 33.6 Å². The van der Waals surface area contributed by atoms with Gasteiger partial charge in [0.05, 0.1) is 33.4 Å². The van der Waals surface area contributed by atoms with Gasteiger partial charge in [-0.3, -0.25) is 0 Å². The molecule has 0 aromatic heterocycles. The second kappa shape index (κ2) is 13.0. The van der Waals surface area contributed by atoms with E-state index in [2.05, 4.69) is 36.3 Å². The van der Waals surface area contributed by atoms with Crippen LogP contribution in [0.1, 0.15) is 39.2 Å². The summed E-state index contributed by atoms with van der Waals surface area (Å²) in [5, 5.41) is 6.94. The fourth-order valence-electron chi connectivity index (χ4n) is 3.47. The van der Waals surface area contributed by atoms with Gasteiger partial charge in [-0.1, -0.05) is 0 Å². The number of hydrogen-bond acceptors (Lipinski definition) is 5. The van der Waals surface area contributed by atoms with E-state index in [9.17, 15) is 0 Å². The van der Waals surface area contributed by atoms with Crippen molar-refractivity contribution in [1.82, 2.24) is 15.5 Å². The van der Waals surface area contributed by atoms with Gasteiger partial charge >= 0.3 is 0 Å². The molecule has 0 spiro atoms. The molecule has 0 saturated carbocycles. The Hall–Kier alpha value is -1.42. The number of benzene rings is 1. The molecule has 0 bridgehead atoms. The van der Waals surface area contributed by atoms with Crippen LogP contribution in [0.25, 0.3) is 0 Å². The lowest BCUT2D eigenvalue weighted by molar-refractivity contribution is 0.167. The van der Waals surface area contributed by atoms with Crippen LogP contribution in [0.2, 0.25) is 0 Å². The van der Waals surface area contributed by atoms with Gasteiger partial charge in [-0.2, -0.15) is 0 Å². The molecular weight excluding hydrogens is 483 g/mol. The number of likely N-dealkylation sites (tertiary alicyclic amines) is 1. The summed E-state index contributed by atoms with van der Waals surface area (Å²) in [4.78, 5) is 7.31. The zero-order valence-corrected chi connectivity index (χ0v) is 20.9. The minimum atomic E-state index is 0. The van der Waals surface area contributed by atoms with E-state index >= 15 is 0 Å². The van der Waals surface area contributed by atoms with E-state index in [0.29, 0.717) is 35.9 Å². The fourth-order valence-corrected chi connectivity index (χ4v) is 3.47. The third-order valence-corrected chi connectivity index (χ3v) is 5.16. The van der Waals surface area contributed by atoms with Crippen molar-refractivity contribution in [2.75, 3.05) is 41.0 Å². The van der Waals surface area contributed by atoms with E-state index in [-0.39, 0.29) is 24.0 Å². The summed E-state index contributed by atoms with van der Waals surface area (Å²) >= 11 is 0. The van der Waals surface area contributed by atoms with E-state index < -0.39 is 0 Å². The van der Waals surface area contributed by atoms with E-state index in [0.717, 1.165) is 44.0 Å². The molecule has 1 fully saturated rings. The highest BCUT2D eigenvalue weighted by Gasteiger charge is 2.21. The summed E-state index contributed by atoms with van der Waals surface area (Å²) < 4.78 is 16.4. The quantitative estimate of drug-likeness (QED) is 0.312. The van der Waals surface area contributed by atoms with Crippen molar-refractivity contribution in [2.45, 2.75) is 52.2 Å². The first-order valence-corrected chi connectivity index (χ1v) is 10.1. The summed E-state index contributed by atoms with van der Waals surface area (Å²) in [6.07, 6.45) is 2.25. The number of rotatable bonds is 8. The first-order chi connectivity index (χ1) is 13.5. The van der Waals surface area contributed by atoms with Crippen molar-refractivity contribution in [3.8, 4) is 17.2 Å². The Morgan fingerprint density at radius 1 is 1.10 bits per heavy atom. The molecular formula is C21H37IN4O3. The number of hydrogen-bond donors (Lipinski definition) is 2. The zero-order chi connectivity index (χ0) is 20.5. The lowest BCUT2D eigenvalue weighted by Crippen LogP contribution is -2.49. The lowest BCUT2D eigenvalue weighted by Gasteiger charge is -2.35. The standard InChI is InChI=1S/C21H36N4O3.HI/c1-7-22-21(24-16-8-10-25(11-9-16)15(2)3)23-14-18-19(27-5)12-17(26-4)13-20(18)28-6;/h12-13,15-16H,7-11,14H2,1-6H3,(H2,22,23,24);1H. The number of ether oxygens (including phenoxy) is 3. The van der Waals surface area contributed by atoms with Crippen LogP contribution >= 0.6 is 24.0 Å². The minimum absolute atomic E-state index is 0. The van der Waals surface area contributed by atoms with Crippen molar-refractivity contribution in [3.05, 3.63) is 17.7 Å². The number of guanidine groups is 1. The Morgan fingerprint density at radius 2 is 1.69 bits per heavy atom. The van der Waals surface area contributed by atoms with Gasteiger partial charge in [0.25, 0.3) is 0 Å². The van der Waals surface area contributed by atoms with Crippen LogP contribution in [-0.4, -0.2) is 63.9 Å². The monoisotopic (exact) mass is 520 g/mol. The van der Waals surface area contributed by atoms with Gasteiger partial charge in [0.15, 0.2) is 5.96 Å². The number of methoxy groups -OCH3 is 3. The van der Waals surface area contributed by atoms with Gasteiger partial charge < -0.3 is 29.7 Å². The molecule has 1 aromatic rings. The zero-order valence-electron chi connectivity index (χ0n) is 18.6. The van der Waals surface area contributed by atoms with Crippen LogP contribution in [0.15, 0.2) is 17.1 Å². The van der Waals surface area contributed by atoms with Crippen molar-refractivity contribution in [1.29, 1.82) is 0 Å². The SMILES string of the molecule is CCNC(=NCc1c(OC)cc(OC)cc1OC)NC1CCN(C(C)C)CC1.I. The largest absolute Gasteiger partial charge is 0.496 e. The van der Waals surface area contributed by atoms with Crippen LogP contribution in [0, 0.1) is 0 Å². The Balaban J connectivity index is 0.00000420. The predicted octanol–water partition coefficient (Wildman–Crippen LogP) is 3.26. The first kappa shape index (κ1) is 25.6. The van der Waals surface area contributed by atoms with E-state index in [1.165, 1.54) is 0 Å². The third kappa shape index (κ3) is 7.40.